The molecule has 0 bridgehead atoms. The summed E-state index contributed by atoms with van der Waals surface area (Å²) in [6.45, 7) is 5.47. The first kappa shape index (κ1) is 19.0. The van der Waals surface area contributed by atoms with Gasteiger partial charge in [0.15, 0.2) is 0 Å². The summed E-state index contributed by atoms with van der Waals surface area (Å²) in [6, 6.07) is 2.83. The van der Waals surface area contributed by atoms with E-state index in [9.17, 15) is 18.4 Å². The van der Waals surface area contributed by atoms with E-state index in [-0.39, 0.29) is 11.5 Å². The molecule has 0 unspecified atom stereocenters. The minimum absolute atomic E-state index is 0.00561. The molecule has 0 aliphatic carbocycles. The Bertz CT molecular complexity index is 859. The van der Waals surface area contributed by atoms with E-state index in [0.717, 1.165) is 35.4 Å². The first-order chi connectivity index (χ1) is 12.9. The standard InChI is InChI=1S/C19H22F2N4O2/c1-3-18(26)22-10-17-23-15-5-6-24(11-16(15)25(17)4-2)19(27)12-7-13(20)9-14(21)8-12/h7-9H,3-6,10-11H2,1-2H3,(H,22,26). The normalized spacial score (nSPS) is 13.4. The van der Waals surface area contributed by atoms with Crippen LogP contribution in [-0.2, 0) is 30.8 Å². The molecule has 1 aliphatic rings. The van der Waals surface area contributed by atoms with Gasteiger partial charge in [-0.25, -0.2) is 13.8 Å². The molecule has 0 spiro atoms. The summed E-state index contributed by atoms with van der Waals surface area (Å²) < 4.78 is 28.9. The first-order valence-corrected chi connectivity index (χ1v) is 9.02. The molecule has 0 fully saturated rings. The molecule has 2 heterocycles. The van der Waals surface area contributed by atoms with Crippen molar-refractivity contribution in [1.82, 2.24) is 19.8 Å². The van der Waals surface area contributed by atoms with E-state index in [2.05, 4.69) is 10.3 Å². The molecule has 27 heavy (non-hydrogen) atoms. The second-order valence-corrected chi connectivity index (χ2v) is 6.43. The summed E-state index contributed by atoms with van der Waals surface area (Å²) in [6.07, 6.45) is 0.958. The third-order valence-corrected chi connectivity index (χ3v) is 4.67. The second-order valence-electron chi connectivity index (χ2n) is 6.43. The van der Waals surface area contributed by atoms with Crippen molar-refractivity contribution >= 4 is 11.8 Å². The Morgan fingerprint density at radius 2 is 1.89 bits per heavy atom. The smallest absolute Gasteiger partial charge is 0.254 e. The number of carbonyl (C=O) groups excluding carboxylic acids is 2. The van der Waals surface area contributed by atoms with E-state index in [1.165, 1.54) is 0 Å². The molecule has 8 heteroatoms. The van der Waals surface area contributed by atoms with Gasteiger partial charge in [-0.1, -0.05) is 6.92 Å². The lowest BCUT2D eigenvalue weighted by molar-refractivity contribution is -0.120. The van der Waals surface area contributed by atoms with Crippen molar-refractivity contribution in [1.29, 1.82) is 0 Å². The van der Waals surface area contributed by atoms with Crippen molar-refractivity contribution in [3.05, 3.63) is 52.6 Å². The van der Waals surface area contributed by atoms with Gasteiger partial charge < -0.3 is 14.8 Å². The van der Waals surface area contributed by atoms with Crippen LogP contribution in [-0.4, -0.2) is 32.8 Å². The van der Waals surface area contributed by atoms with Crippen LogP contribution in [0, 0.1) is 11.6 Å². The van der Waals surface area contributed by atoms with Gasteiger partial charge in [-0.2, -0.15) is 0 Å². The lowest BCUT2D eigenvalue weighted by atomic mass is 10.1. The molecule has 2 aromatic rings. The molecule has 1 N–H and O–H groups in total. The van der Waals surface area contributed by atoms with Gasteiger partial charge in [0.05, 0.1) is 24.5 Å². The van der Waals surface area contributed by atoms with E-state index in [0.29, 0.717) is 39.0 Å². The highest BCUT2D eigenvalue weighted by Gasteiger charge is 2.27. The molecule has 1 aromatic carbocycles. The maximum Gasteiger partial charge on any atom is 0.254 e. The minimum atomic E-state index is -0.774. The first-order valence-electron chi connectivity index (χ1n) is 9.02. The molecular formula is C19H22F2N4O2. The molecule has 1 aromatic heterocycles. The third-order valence-electron chi connectivity index (χ3n) is 4.67. The maximum absolute atomic E-state index is 13.4. The van der Waals surface area contributed by atoms with Crippen molar-refractivity contribution < 1.29 is 18.4 Å². The number of rotatable bonds is 5. The number of fused-ring (bicyclic) bond motifs is 1. The summed E-state index contributed by atoms with van der Waals surface area (Å²) in [5.74, 6) is -1.27. The van der Waals surface area contributed by atoms with Gasteiger partial charge in [0.1, 0.15) is 17.5 Å². The number of amides is 2. The summed E-state index contributed by atoms with van der Waals surface area (Å²) >= 11 is 0. The minimum Gasteiger partial charge on any atom is -0.349 e. The second kappa shape index (κ2) is 7.85. The van der Waals surface area contributed by atoms with E-state index in [1.54, 1.807) is 11.8 Å². The van der Waals surface area contributed by atoms with Crippen LogP contribution >= 0.6 is 0 Å². The monoisotopic (exact) mass is 376 g/mol. The fourth-order valence-electron chi connectivity index (χ4n) is 3.31. The Labute approximate surface area is 156 Å². The van der Waals surface area contributed by atoms with Crippen molar-refractivity contribution in [2.24, 2.45) is 0 Å². The summed E-state index contributed by atoms with van der Waals surface area (Å²) in [4.78, 5) is 30.4. The summed E-state index contributed by atoms with van der Waals surface area (Å²) in [5.41, 5.74) is 1.79. The quantitative estimate of drug-likeness (QED) is 0.871. The van der Waals surface area contributed by atoms with Crippen LogP contribution in [0.4, 0.5) is 8.78 Å². The van der Waals surface area contributed by atoms with Crippen molar-refractivity contribution in [2.45, 2.75) is 46.3 Å². The van der Waals surface area contributed by atoms with E-state index in [4.69, 9.17) is 0 Å². The van der Waals surface area contributed by atoms with Gasteiger partial charge in [-0.3, -0.25) is 9.59 Å². The molecule has 1 aliphatic heterocycles. The number of carbonyl (C=O) groups is 2. The van der Waals surface area contributed by atoms with Crippen molar-refractivity contribution in [3.63, 3.8) is 0 Å². The molecule has 0 saturated heterocycles. The molecule has 6 nitrogen and oxygen atoms in total. The SMILES string of the molecule is CCC(=O)NCc1nc2c(n1CC)CN(C(=O)c1cc(F)cc(F)c1)CC2. The van der Waals surface area contributed by atoms with Gasteiger partial charge in [-0.15, -0.1) is 0 Å². The maximum atomic E-state index is 13.4. The zero-order valence-electron chi connectivity index (χ0n) is 15.4. The van der Waals surface area contributed by atoms with E-state index >= 15 is 0 Å². The number of nitrogens with one attached hydrogen (secondary N) is 1. The number of imidazole rings is 1. The number of nitrogens with zero attached hydrogens (tertiary/aromatic N) is 3. The Morgan fingerprint density at radius 1 is 1.19 bits per heavy atom. The Balaban J connectivity index is 1.81. The highest BCUT2D eigenvalue weighted by Crippen LogP contribution is 2.22. The zero-order valence-corrected chi connectivity index (χ0v) is 15.4. The predicted octanol–water partition coefficient (Wildman–Crippen LogP) is 2.41. The number of halogens is 2. The van der Waals surface area contributed by atoms with Gasteiger partial charge in [0, 0.05) is 37.6 Å². The number of benzene rings is 1. The molecule has 2 amide bonds. The van der Waals surface area contributed by atoms with Crippen molar-refractivity contribution in [2.75, 3.05) is 6.54 Å². The Morgan fingerprint density at radius 3 is 2.52 bits per heavy atom. The number of aromatic nitrogens is 2. The molecule has 0 atom stereocenters. The molecule has 144 valence electrons. The molecule has 0 radical (unpaired) electrons. The van der Waals surface area contributed by atoms with Crippen LogP contribution in [0.1, 0.15) is 47.8 Å². The summed E-state index contributed by atoms with van der Waals surface area (Å²) in [7, 11) is 0. The van der Waals surface area contributed by atoms with Crippen molar-refractivity contribution in [3.8, 4) is 0 Å². The molecular weight excluding hydrogens is 354 g/mol. The lowest BCUT2D eigenvalue weighted by Gasteiger charge is -2.27. The number of hydrogen-bond acceptors (Lipinski definition) is 3. The van der Waals surface area contributed by atoms with Crippen LogP contribution in [0.5, 0.6) is 0 Å². The fourth-order valence-corrected chi connectivity index (χ4v) is 3.31. The van der Waals surface area contributed by atoms with Gasteiger partial charge >= 0.3 is 0 Å². The Hall–Kier alpha value is -2.77. The highest BCUT2D eigenvalue weighted by atomic mass is 19.1. The van der Waals surface area contributed by atoms with Crippen LogP contribution in [0.2, 0.25) is 0 Å². The van der Waals surface area contributed by atoms with Crippen LogP contribution in [0.3, 0.4) is 0 Å². The average Bonchev–Trinajstić information content (AvgIpc) is 3.01. The van der Waals surface area contributed by atoms with E-state index < -0.39 is 17.5 Å². The van der Waals surface area contributed by atoms with Gasteiger partial charge in [-0.05, 0) is 19.1 Å². The Kier molecular flexibility index (Phi) is 5.53. The zero-order chi connectivity index (χ0) is 19.6. The number of hydrogen-bond donors (Lipinski definition) is 1. The predicted molar refractivity (Wildman–Crippen MR) is 94.8 cm³/mol. The molecule has 3 rings (SSSR count). The van der Waals surface area contributed by atoms with Crippen LogP contribution in [0.25, 0.3) is 0 Å². The molecule has 0 saturated carbocycles. The van der Waals surface area contributed by atoms with Crippen LogP contribution in [0.15, 0.2) is 18.2 Å². The van der Waals surface area contributed by atoms with Gasteiger partial charge in [0.25, 0.3) is 5.91 Å². The van der Waals surface area contributed by atoms with Gasteiger partial charge in [0.2, 0.25) is 5.91 Å². The summed E-state index contributed by atoms with van der Waals surface area (Å²) in [5, 5.41) is 2.82. The fraction of sp³-hybridized carbons (Fsp3) is 0.421. The average molecular weight is 376 g/mol. The lowest BCUT2D eigenvalue weighted by Crippen LogP contribution is -2.37. The topological polar surface area (TPSA) is 67.2 Å². The highest BCUT2D eigenvalue weighted by molar-refractivity contribution is 5.94. The van der Waals surface area contributed by atoms with E-state index in [1.807, 2.05) is 11.5 Å². The largest absolute Gasteiger partial charge is 0.349 e. The third kappa shape index (κ3) is 3.99. The van der Waals surface area contributed by atoms with Crippen LogP contribution < -0.4 is 5.32 Å².